The van der Waals surface area contributed by atoms with Gasteiger partial charge in [0, 0.05) is 16.3 Å². The van der Waals surface area contributed by atoms with Crippen molar-refractivity contribution in [3.63, 3.8) is 0 Å². The van der Waals surface area contributed by atoms with Crippen LogP contribution in [0.15, 0.2) is 27.6 Å². The predicted octanol–water partition coefficient (Wildman–Crippen LogP) is 4.58. The Morgan fingerprint density at radius 1 is 1.30 bits per heavy atom. The number of hydrogen-bond acceptors (Lipinski definition) is 2. The van der Waals surface area contributed by atoms with E-state index < -0.39 is 10.0 Å². The second-order valence-electron chi connectivity index (χ2n) is 4.74. The van der Waals surface area contributed by atoms with E-state index in [1.165, 1.54) is 12.1 Å². The second kappa shape index (κ2) is 7.58. The Bertz CT molecular complexity index is 551. The van der Waals surface area contributed by atoms with Gasteiger partial charge in [0.05, 0.1) is 9.92 Å². The monoisotopic (exact) mass is 445 g/mol. The fraction of sp³-hybridized carbons (Fsp3) is 0.538. The summed E-state index contributed by atoms with van der Waals surface area (Å²) in [5.74, 6) is 0. The Morgan fingerprint density at radius 3 is 2.35 bits per heavy atom. The molecule has 0 aliphatic heterocycles. The molecule has 0 atom stereocenters. The average Bonchev–Trinajstić information content (AvgIpc) is 2.44. The molecule has 0 unspecified atom stereocenters. The Labute approximate surface area is 142 Å². The lowest BCUT2D eigenvalue weighted by Gasteiger charge is -2.29. The Hall–Kier alpha value is 0.380. The van der Waals surface area contributed by atoms with E-state index in [1.54, 1.807) is 6.07 Å². The SMILES string of the molecule is CCC(CC)(CBr)CNS(=O)(=O)c1ccc(Cl)c(Br)c1. The van der Waals surface area contributed by atoms with Crippen LogP contribution in [0.2, 0.25) is 5.02 Å². The molecule has 1 aromatic rings. The van der Waals surface area contributed by atoms with E-state index in [1.807, 2.05) is 0 Å². The van der Waals surface area contributed by atoms with Crippen LogP contribution >= 0.6 is 43.5 Å². The maximum absolute atomic E-state index is 12.3. The smallest absolute Gasteiger partial charge is 0.211 e. The van der Waals surface area contributed by atoms with Gasteiger partial charge in [0.15, 0.2) is 0 Å². The molecule has 0 spiro atoms. The third kappa shape index (κ3) is 4.44. The molecule has 0 bridgehead atoms. The van der Waals surface area contributed by atoms with Crippen LogP contribution in [-0.4, -0.2) is 20.3 Å². The number of hydrogen-bond donors (Lipinski definition) is 1. The number of rotatable bonds is 7. The predicted molar refractivity (Wildman–Crippen MR) is 91.1 cm³/mol. The normalized spacial score (nSPS) is 12.7. The lowest BCUT2D eigenvalue weighted by Crippen LogP contribution is -2.38. The minimum Gasteiger partial charge on any atom is -0.211 e. The number of benzene rings is 1. The van der Waals surface area contributed by atoms with Crippen LogP contribution in [0, 0.1) is 5.41 Å². The van der Waals surface area contributed by atoms with Crippen molar-refractivity contribution in [2.24, 2.45) is 5.41 Å². The van der Waals surface area contributed by atoms with Gasteiger partial charge in [-0.05, 0) is 52.4 Å². The van der Waals surface area contributed by atoms with Gasteiger partial charge in [-0.3, -0.25) is 0 Å². The fourth-order valence-electron chi connectivity index (χ4n) is 1.71. The van der Waals surface area contributed by atoms with Crippen molar-refractivity contribution in [1.29, 1.82) is 0 Å². The summed E-state index contributed by atoms with van der Waals surface area (Å²) in [4.78, 5) is 0.212. The van der Waals surface area contributed by atoms with Crippen molar-refractivity contribution in [2.45, 2.75) is 31.6 Å². The summed E-state index contributed by atoms with van der Waals surface area (Å²) in [6, 6.07) is 4.58. The highest BCUT2D eigenvalue weighted by atomic mass is 79.9. The van der Waals surface area contributed by atoms with Gasteiger partial charge in [-0.25, -0.2) is 13.1 Å². The molecule has 0 aromatic heterocycles. The van der Waals surface area contributed by atoms with Crippen molar-refractivity contribution in [3.05, 3.63) is 27.7 Å². The molecule has 0 aliphatic rings. The minimum atomic E-state index is -3.52. The summed E-state index contributed by atoms with van der Waals surface area (Å²) in [6.07, 6.45) is 1.81. The van der Waals surface area contributed by atoms with E-state index in [2.05, 4.69) is 50.4 Å². The maximum Gasteiger partial charge on any atom is 0.240 e. The van der Waals surface area contributed by atoms with E-state index in [-0.39, 0.29) is 10.3 Å². The standard InChI is InChI=1S/C13H18Br2ClNO2S/c1-3-13(4-2,8-14)9-17-20(18,19)10-5-6-12(16)11(15)7-10/h5-7,17H,3-4,8-9H2,1-2H3. The Morgan fingerprint density at radius 2 is 1.90 bits per heavy atom. The fourth-order valence-corrected chi connectivity index (χ4v) is 4.53. The van der Waals surface area contributed by atoms with Gasteiger partial charge >= 0.3 is 0 Å². The third-order valence-corrected chi connectivity index (χ3v) is 7.42. The van der Waals surface area contributed by atoms with E-state index in [9.17, 15) is 8.42 Å². The molecule has 0 saturated carbocycles. The summed E-state index contributed by atoms with van der Waals surface area (Å²) in [6.45, 7) is 4.55. The summed E-state index contributed by atoms with van der Waals surface area (Å²) in [7, 11) is -3.52. The van der Waals surface area contributed by atoms with Crippen LogP contribution in [0.25, 0.3) is 0 Å². The summed E-state index contributed by atoms with van der Waals surface area (Å²) in [5.41, 5.74) is -0.0588. The van der Waals surface area contributed by atoms with Crippen LogP contribution in [0.4, 0.5) is 0 Å². The van der Waals surface area contributed by atoms with Gasteiger partial charge < -0.3 is 0 Å². The molecule has 0 amide bonds. The minimum absolute atomic E-state index is 0.0588. The van der Waals surface area contributed by atoms with E-state index in [0.29, 0.717) is 16.0 Å². The zero-order chi connectivity index (χ0) is 15.4. The molecule has 0 fully saturated rings. The van der Waals surface area contributed by atoms with Crippen molar-refractivity contribution in [3.8, 4) is 0 Å². The number of nitrogens with one attached hydrogen (secondary N) is 1. The van der Waals surface area contributed by atoms with E-state index >= 15 is 0 Å². The Balaban J connectivity index is 2.92. The molecule has 0 aliphatic carbocycles. The van der Waals surface area contributed by atoms with Crippen molar-refractivity contribution < 1.29 is 8.42 Å². The maximum atomic E-state index is 12.3. The first-order valence-corrected chi connectivity index (χ1v) is 10.1. The molecule has 3 nitrogen and oxygen atoms in total. The highest BCUT2D eigenvalue weighted by Crippen LogP contribution is 2.29. The lowest BCUT2D eigenvalue weighted by atomic mass is 9.85. The van der Waals surface area contributed by atoms with Crippen LogP contribution in [0.1, 0.15) is 26.7 Å². The van der Waals surface area contributed by atoms with Gasteiger partial charge in [-0.15, -0.1) is 0 Å². The third-order valence-electron chi connectivity index (χ3n) is 3.62. The largest absolute Gasteiger partial charge is 0.240 e. The van der Waals surface area contributed by atoms with Gasteiger partial charge in [0.25, 0.3) is 0 Å². The molecular formula is C13H18Br2ClNO2S. The highest BCUT2D eigenvalue weighted by Gasteiger charge is 2.27. The summed E-state index contributed by atoms with van der Waals surface area (Å²) >= 11 is 12.6. The number of sulfonamides is 1. The summed E-state index contributed by atoms with van der Waals surface area (Å²) in [5, 5.41) is 1.25. The van der Waals surface area contributed by atoms with Crippen molar-refractivity contribution in [2.75, 3.05) is 11.9 Å². The summed E-state index contributed by atoms with van der Waals surface area (Å²) < 4.78 is 27.9. The van der Waals surface area contributed by atoms with Crippen molar-refractivity contribution >= 4 is 53.5 Å². The Kier molecular flexibility index (Phi) is 6.99. The molecular weight excluding hydrogens is 429 g/mol. The topological polar surface area (TPSA) is 46.2 Å². The molecule has 20 heavy (non-hydrogen) atoms. The van der Waals surface area contributed by atoms with E-state index in [4.69, 9.17) is 11.6 Å². The molecule has 0 radical (unpaired) electrons. The number of halogens is 3. The van der Waals surface area contributed by atoms with Crippen molar-refractivity contribution in [1.82, 2.24) is 4.72 Å². The van der Waals surface area contributed by atoms with Gasteiger partial charge in [0.1, 0.15) is 0 Å². The van der Waals surface area contributed by atoms with Crippen LogP contribution in [-0.2, 0) is 10.0 Å². The number of alkyl halides is 1. The lowest BCUT2D eigenvalue weighted by molar-refractivity contribution is 0.309. The van der Waals surface area contributed by atoms with Gasteiger partial charge in [-0.2, -0.15) is 0 Å². The highest BCUT2D eigenvalue weighted by molar-refractivity contribution is 9.10. The zero-order valence-electron chi connectivity index (χ0n) is 11.4. The van der Waals surface area contributed by atoms with Crippen LogP contribution < -0.4 is 4.72 Å². The second-order valence-corrected chi connectivity index (χ2v) is 8.33. The molecule has 0 heterocycles. The van der Waals surface area contributed by atoms with Gasteiger partial charge in [-0.1, -0.05) is 41.4 Å². The quantitative estimate of drug-likeness (QED) is 0.622. The van der Waals surface area contributed by atoms with Crippen LogP contribution in [0.3, 0.4) is 0 Å². The van der Waals surface area contributed by atoms with Crippen LogP contribution in [0.5, 0.6) is 0 Å². The first kappa shape index (κ1) is 18.4. The van der Waals surface area contributed by atoms with Gasteiger partial charge in [0.2, 0.25) is 10.0 Å². The first-order valence-electron chi connectivity index (χ1n) is 6.31. The van der Waals surface area contributed by atoms with E-state index in [0.717, 1.165) is 18.2 Å². The first-order chi connectivity index (χ1) is 9.30. The molecule has 1 aromatic carbocycles. The molecule has 7 heteroatoms. The molecule has 1 rings (SSSR count). The zero-order valence-corrected chi connectivity index (χ0v) is 16.2. The molecule has 0 saturated heterocycles. The molecule has 1 N–H and O–H groups in total. The average molecular weight is 448 g/mol. The molecule has 114 valence electrons.